The van der Waals surface area contributed by atoms with Crippen molar-refractivity contribution in [3.05, 3.63) is 0 Å². The van der Waals surface area contributed by atoms with Gasteiger partial charge in [-0.25, -0.2) is 0 Å². The summed E-state index contributed by atoms with van der Waals surface area (Å²) < 4.78 is 0. The van der Waals surface area contributed by atoms with E-state index in [0.29, 0.717) is 0 Å². The minimum absolute atomic E-state index is 0.183. The maximum absolute atomic E-state index is 8.91. The first-order valence-corrected chi connectivity index (χ1v) is 6.60. The van der Waals surface area contributed by atoms with Gasteiger partial charge in [-0.2, -0.15) is 10.5 Å². The van der Waals surface area contributed by atoms with E-state index in [1.807, 2.05) is 13.8 Å². The van der Waals surface area contributed by atoms with Crippen LogP contribution < -0.4 is 0 Å². The van der Waals surface area contributed by atoms with E-state index in [2.05, 4.69) is 17.0 Å². The van der Waals surface area contributed by atoms with Gasteiger partial charge in [-0.1, -0.05) is 6.42 Å². The van der Waals surface area contributed by atoms with E-state index in [4.69, 9.17) is 10.5 Å². The van der Waals surface area contributed by atoms with Gasteiger partial charge in [-0.15, -0.1) is 0 Å². The van der Waals surface area contributed by atoms with Crippen molar-refractivity contribution in [3.8, 4) is 12.1 Å². The van der Waals surface area contributed by atoms with Crippen molar-refractivity contribution in [2.45, 2.75) is 46.0 Å². The fourth-order valence-corrected chi connectivity index (χ4v) is 2.32. The van der Waals surface area contributed by atoms with E-state index in [-0.39, 0.29) is 11.3 Å². The molecule has 0 amide bonds. The van der Waals surface area contributed by atoms with E-state index in [1.165, 1.54) is 0 Å². The smallest absolute Gasteiger partial charge is 0.0683 e. The number of unbranched alkanes of at least 4 members (excludes halogenated alkanes) is 1. The van der Waals surface area contributed by atoms with Gasteiger partial charge < -0.3 is 4.90 Å². The number of nitriles is 2. The number of nitrogens with zero attached hydrogens (tertiary/aromatic N) is 3. The van der Waals surface area contributed by atoms with E-state index in [1.54, 1.807) is 0 Å². The third-order valence-corrected chi connectivity index (χ3v) is 3.52. The second-order valence-electron chi connectivity index (χ2n) is 5.72. The zero-order valence-electron chi connectivity index (χ0n) is 11.1. The summed E-state index contributed by atoms with van der Waals surface area (Å²) in [5.41, 5.74) is -0.183. The van der Waals surface area contributed by atoms with Crippen molar-refractivity contribution >= 4 is 0 Å². The van der Waals surface area contributed by atoms with Gasteiger partial charge in [0.05, 0.1) is 23.5 Å². The molecule has 0 aromatic carbocycles. The van der Waals surface area contributed by atoms with Crippen molar-refractivity contribution < 1.29 is 0 Å². The molecule has 0 spiro atoms. The summed E-state index contributed by atoms with van der Waals surface area (Å²) in [6, 6.07) is 4.71. The Morgan fingerprint density at radius 3 is 2.71 bits per heavy atom. The first-order chi connectivity index (χ1) is 8.07. The van der Waals surface area contributed by atoms with Crippen molar-refractivity contribution in [2.24, 2.45) is 11.3 Å². The molecule has 3 heteroatoms. The summed E-state index contributed by atoms with van der Waals surface area (Å²) in [4.78, 5) is 2.40. The Morgan fingerprint density at radius 1 is 1.29 bits per heavy atom. The predicted molar refractivity (Wildman–Crippen MR) is 68.0 cm³/mol. The van der Waals surface area contributed by atoms with Crippen molar-refractivity contribution in [1.82, 2.24) is 4.90 Å². The fourth-order valence-electron chi connectivity index (χ4n) is 2.32. The highest BCUT2D eigenvalue weighted by Gasteiger charge is 2.19. The van der Waals surface area contributed by atoms with Crippen molar-refractivity contribution in [1.29, 1.82) is 10.5 Å². The van der Waals surface area contributed by atoms with Crippen LogP contribution >= 0.6 is 0 Å². The minimum Gasteiger partial charge on any atom is -0.302 e. The largest absolute Gasteiger partial charge is 0.302 e. The highest BCUT2D eigenvalue weighted by molar-refractivity contribution is 4.91. The molecule has 1 fully saturated rings. The second kappa shape index (κ2) is 6.62. The molecule has 94 valence electrons. The Kier molecular flexibility index (Phi) is 5.45. The molecule has 1 aliphatic rings. The molecule has 0 N–H and O–H groups in total. The molecule has 1 rings (SSSR count). The molecule has 0 aromatic rings. The summed E-state index contributed by atoms with van der Waals surface area (Å²) in [6.45, 7) is 7.16. The lowest BCUT2D eigenvalue weighted by atomic mass is 9.89. The molecule has 3 nitrogen and oxygen atoms in total. The monoisotopic (exact) mass is 233 g/mol. The van der Waals surface area contributed by atoms with Crippen LogP contribution in [0.15, 0.2) is 0 Å². The minimum atomic E-state index is -0.183. The standard InChI is InChI=1S/C14H23N3/c1-14(2,12-16)7-3-4-8-17-9-5-6-13(10-15)11-17/h13H,3-9,11H2,1-2H3. The number of hydrogen-bond donors (Lipinski definition) is 0. The van der Waals surface area contributed by atoms with Gasteiger partial charge in [0.25, 0.3) is 0 Å². The third-order valence-electron chi connectivity index (χ3n) is 3.52. The molecule has 0 radical (unpaired) electrons. The first kappa shape index (κ1) is 14.0. The Labute approximate surface area is 105 Å². The Morgan fingerprint density at radius 2 is 2.06 bits per heavy atom. The van der Waals surface area contributed by atoms with Crippen LogP contribution in [0.1, 0.15) is 46.0 Å². The normalized spacial score (nSPS) is 21.8. The molecule has 1 heterocycles. The predicted octanol–water partition coefficient (Wildman–Crippen LogP) is 2.94. The van der Waals surface area contributed by atoms with Crippen LogP contribution in [-0.4, -0.2) is 24.5 Å². The molecule has 1 atom stereocenters. The van der Waals surface area contributed by atoms with Gasteiger partial charge in [0, 0.05) is 6.54 Å². The molecular weight excluding hydrogens is 210 g/mol. The van der Waals surface area contributed by atoms with Gasteiger partial charge in [-0.05, 0) is 52.6 Å². The molecule has 17 heavy (non-hydrogen) atoms. The molecule has 0 bridgehead atoms. The van der Waals surface area contributed by atoms with Crippen molar-refractivity contribution in [3.63, 3.8) is 0 Å². The number of hydrogen-bond acceptors (Lipinski definition) is 3. The van der Waals surface area contributed by atoms with Crippen LogP contribution in [0.25, 0.3) is 0 Å². The van der Waals surface area contributed by atoms with E-state index in [9.17, 15) is 0 Å². The van der Waals surface area contributed by atoms with Gasteiger partial charge in [0.2, 0.25) is 0 Å². The SMILES string of the molecule is CC(C)(C#N)CCCCN1CCCC(C#N)C1. The van der Waals surface area contributed by atoms with Crippen molar-refractivity contribution in [2.75, 3.05) is 19.6 Å². The average molecular weight is 233 g/mol. The number of piperidine rings is 1. The van der Waals surface area contributed by atoms with E-state index >= 15 is 0 Å². The van der Waals surface area contributed by atoms with Crippen LogP contribution in [-0.2, 0) is 0 Å². The second-order valence-corrected chi connectivity index (χ2v) is 5.72. The molecule has 1 saturated heterocycles. The summed E-state index contributed by atoms with van der Waals surface area (Å²) in [7, 11) is 0. The van der Waals surface area contributed by atoms with Gasteiger partial charge >= 0.3 is 0 Å². The average Bonchev–Trinajstić information content (AvgIpc) is 2.35. The summed E-state index contributed by atoms with van der Waals surface area (Å²) in [6.07, 6.45) is 5.44. The van der Waals surface area contributed by atoms with Crippen LogP contribution in [0.5, 0.6) is 0 Å². The Bertz CT molecular complexity index is 308. The van der Waals surface area contributed by atoms with Gasteiger partial charge in [0.15, 0.2) is 0 Å². The molecule has 0 aliphatic carbocycles. The zero-order valence-corrected chi connectivity index (χ0v) is 11.1. The summed E-state index contributed by atoms with van der Waals surface area (Å²) >= 11 is 0. The highest BCUT2D eigenvalue weighted by Crippen LogP contribution is 2.22. The highest BCUT2D eigenvalue weighted by atomic mass is 15.1. The lowest BCUT2D eigenvalue weighted by Gasteiger charge is -2.29. The Balaban J connectivity index is 2.15. The van der Waals surface area contributed by atoms with Crippen LogP contribution in [0.2, 0.25) is 0 Å². The molecule has 1 aliphatic heterocycles. The summed E-state index contributed by atoms with van der Waals surface area (Å²) in [5, 5.41) is 17.8. The molecule has 0 saturated carbocycles. The fraction of sp³-hybridized carbons (Fsp3) is 0.857. The Hall–Kier alpha value is -1.06. The third kappa shape index (κ3) is 5.20. The molecular formula is C14H23N3. The first-order valence-electron chi connectivity index (χ1n) is 6.60. The van der Waals surface area contributed by atoms with Crippen LogP contribution in [0.4, 0.5) is 0 Å². The lowest BCUT2D eigenvalue weighted by Crippen LogP contribution is -2.35. The van der Waals surface area contributed by atoms with Gasteiger partial charge in [-0.3, -0.25) is 0 Å². The van der Waals surface area contributed by atoms with Crippen LogP contribution in [0.3, 0.4) is 0 Å². The molecule has 0 aromatic heterocycles. The topological polar surface area (TPSA) is 50.8 Å². The molecule has 1 unspecified atom stereocenters. The zero-order chi connectivity index (χ0) is 12.7. The number of likely N-dealkylation sites (tertiary alicyclic amines) is 1. The quantitative estimate of drug-likeness (QED) is 0.686. The van der Waals surface area contributed by atoms with Gasteiger partial charge in [0.1, 0.15) is 0 Å². The van der Waals surface area contributed by atoms with E-state index in [0.717, 1.165) is 51.7 Å². The maximum atomic E-state index is 8.91. The lowest BCUT2D eigenvalue weighted by molar-refractivity contribution is 0.194. The van der Waals surface area contributed by atoms with Crippen LogP contribution in [0, 0.1) is 34.0 Å². The van der Waals surface area contributed by atoms with E-state index < -0.39 is 0 Å². The summed E-state index contributed by atoms with van der Waals surface area (Å²) in [5.74, 6) is 0.235. The maximum Gasteiger partial charge on any atom is 0.0683 e. The number of rotatable bonds is 5.